The van der Waals surface area contributed by atoms with Crippen molar-refractivity contribution >= 4 is 15.7 Å². The molecule has 1 rings (SSSR count). The van der Waals surface area contributed by atoms with Crippen LogP contribution in [0.4, 0.5) is 5.69 Å². The van der Waals surface area contributed by atoms with Gasteiger partial charge >= 0.3 is 0 Å². The molecular formula is C14H24N2O3S. The highest BCUT2D eigenvalue weighted by Crippen LogP contribution is 2.23. The van der Waals surface area contributed by atoms with E-state index in [0.29, 0.717) is 24.2 Å². The highest BCUT2D eigenvalue weighted by molar-refractivity contribution is 7.89. The number of sulfonamides is 1. The Morgan fingerprint density at radius 2 is 2.00 bits per heavy atom. The fourth-order valence-corrected chi connectivity index (χ4v) is 3.45. The number of anilines is 1. The molecule has 4 N–H and O–H groups in total. The van der Waals surface area contributed by atoms with Crippen LogP contribution < -0.4 is 10.5 Å². The van der Waals surface area contributed by atoms with Crippen LogP contribution in [-0.4, -0.2) is 26.7 Å². The van der Waals surface area contributed by atoms with Crippen LogP contribution in [0.2, 0.25) is 0 Å². The maximum atomic E-state index is 12.3. The minimum Gasteiger partial charge on any atom is -0.399 e. The number of aliphatic hydroxyl groups is 1. The van der Waals surface area contributed by atoms with E-state index in [1.807, 2.05) is 13.8 Å². The van der Waals surface area contributed by atoms with Crippen LogP contribution in [0, 0.1) is 12.3 Å². The van der Waals surface area contributed by atoms with E-state index in [1.54, 1.807) is 19.1 Å². The van der Waals surface area contributed by atoms with Crippen LogP contribution in [-0.2, 0) is 10.0 Å². The van der Waals surface area contributed by atoms with Gasteiger partial charge in [0.1, 0.15) is 0 Å². The number of aliphatic hydroxyl groups excluding tert-OH is 1. The molecule has 1 aromatic rings. The van der Waals surface area contributed by atoms with Gasteiger partial charge in [-0.1, -0.05) is 13.8 Å². The Bertz CT molecular complexity index is 554. The molecule has 0 bridgehead atoms. The molecule has 20 heavy (non-hydrogen) atoms. The molecule has 5 nitrogen and oxygen atoms in total. The quantitative estimate of drug-likeness (QED) is 0.668. The van der Waals surface area contributed by atoms with Gasteiger partial charge in [0.25, 0.3) is 0 Å². The number of aryl methyl sites for hydroxylation is 1. The number of nitrogens with one attached hydrogen (secondary N) is 1. The molecule has 0 aliphatic carbocycles. The van der Waals surface area contributed by atoms with E-state index in [4.69, 9.17) is 10.8 Å². The molecule has 0 aliphatic heterocycles. The average molecular weight is 300 g/mol. The molecule has 0 atom stereocenters. The standard InChI is InChI=1S/C14H24N2O3S/c1-11-9-12(15)5-6-13(11)20(18,19)16-10-14(2,3)7-4-8-17/h5-6,9,16-17H,4,7-8,10,15H2,1-3H3. The van der Waals surface area contributed by atoms with Gasteiger partial charge in [-0.25, -0.2) is 13.1 Å². The predicted molar refractivity (Wildman–Crippen MR) is 80.9 cm³/mol. The van der Waals surface area contributed by atoms with Crippen molar-refractivity contribution in [1.29, 1.82) is 0 Å². The third-order valence-electron chi connectivity index (χ3n) is 3.24. The van der Waals surface area contributed by atoms with Gasteiger partial charge in [-0.2, -0.15) is 0 Å². The summed E-state index contributed by atoms with van der Waals surface area (Å²) in [5.41, 5.74) is 6.61. The monoisotopic (exact) mass is 300 g/mol. The lowest BCUT2D eigenvalue weighted by atomic mass is 9.88. The van der Waals surface area contributed by atoms with Gasteiger partial charge in [-0.3, -0.25) is 0 Å². The Morgan fingerprint density at radius 1 is 1.35 bits per heavy atom. The van der Waals surface area contributed by atoms with Gasteiger partial charge in [-0.15, -0.1) is 0 Å². The molecule has 0 aromatic heterocycles. The van der Waals surface area contributed by atoms with Crippen molar-refractivity contribution in [3.63, 3.8) is 0 Å². The van der Waals surface area contributed by atoms with E-state index >= 15 is 0 Å². The van der Waals surface area contributed by atoms with Gasteiger partial charge in [0, 0.05) is 18.8 Å². The molecule has 0 radical (unpaired) electrons. The molecular weight excluding hydrogens is 276 g/mol. The fourth-order valence-electron chi connectivity index (χ4n) is 1.99. The fraction of sp³-hybridized carbons (Fsp3) is 0.571. The summed E-state index contributed by atoms with van der Waals surface area (Å²) < 4.78 is 27.2. The zero-order valence-corrected chi connectivity index (χ0v) is 13.1. The smallest absolute Gasteiger partial charge is 0.240 e. The Morgan fingerprint density at radius 3 is 2.55 bits per heavy atom. The van der Waals surface area contributed by atoms with E-state index < -0.39 is 10.0 Å². The summed E-state index contributed by atoms with van der Waals surface area (Å²) in [6.45, 7) is 6.12. The molecule has 6 heteroatoms. The minimum absolute atomic E-state index is 0.118. The second-order valence-electron chi connectivity index (χ2n) is 5.84. The number of benzene rings is 1. The first-order chi connectivity index (χ1) is 9.18. The number of hydrogen-bond acceptors (Lipinski definition) is 4. The van der Waals surface area contributed by atoms with Crippen molar-refractivity contribution in [2.75, 3.05) is 18.9 Å². The third kappa shape index (κ3) is 4.77. The van der Waals surface area contributed by atoms with Crippen LogP contribution in [0.5, 0.6) is 0 Å². The van der Waals surface area contributed by atoms with Crippen LogP contribution in [0.1, 0.15) is 32.3 Å². The normalized spacial score (nSPS) is 12.6. The highest BCUT2D eigenvalue weighted by Gasteiger charge is 2.23. The first-order valence-corrected chi connectivity index (χ1v) is 8.13. The number of nitrogen functional groups attached to an aromatic ring is 1. The Balaban J connectivity index is 2.80. The van der Waals surface area contributed by atoms with Crippen LogP contribution in [0.15, 0.2) is 23.1 Å². The number of nitrogens with two attached hydrogens (primary N) is 1. The summed E-state index contributed by atoms with van der Waals surface area (Å²) in [7, 11) is -3.53. The van der Waals surface area contributed by atoms with Crippen molar-refractivity contribution in [2.45, 2.75) is 38.5 Å². The average Bonchev–Trinajstić information content (AvgIpc) is 2.34. The first-order valence-electron chi connectivity index (χ1n) is 6.65. The van der Waals surface area contributed by atoms with Crippen molar-refractivity contribution in [3.05, 3.63) is 23.8 Å². The van der Waals surface area contributed by atoms with Gasteiger partial charge in [0.2, 0.25) is 10.0 Å². The molecule has 0 fully saturated rings. The van der Waals surface area contributed by atoms with Gasteiger partial charge in [-0.05, 0) is 48.9 Å². The van der Waals surface area contributed by atoms with Crippen LogP contribution in [0.3, 0.4) is 0 Å². The maximum absolute atomic E-state index is 12.3. The van der Waals surface area contributed by atoms with Gasteiger partial charge in [0.15, 0.2) is 0 Å². The van der Waals surface area contributed by atoms with E-state index in [1.165, 1.54) is 6.07 Å². The van der Waals surface area contributed by atoms with E-state index in [-0.39, 0.29) is 16.9 Å². The van der Waals surface area contributed by atoms with Crippen molar-refractivity contribution in [1.82, 2.24) is 4.72 Å². The molecule has 0 spiro atoms. The van der Waals surface area contributed by atoms with Crippen molar-refractivity contribution in [3.8, 4) is 0 Å². The topological polar surface area (TPSA) is 92.4 Å². The first kappa shape index (κ1) is 16.9. The zero-order chi connectivity index (χ0) is 15.4. The van der Waals surface area contributed by atoms with E-state index in [2.05, 4.69) is 4.72 Å². The van der Waals surface area contributed by atoms with E-state index in [0.717, 1.165) is 6.42 Å². The number of hydrogen-bond donors (Lipinski definition) is 3. The van der Waals surface area contributed by atoms with Gasteiger partial charge < -0.3 is 10.8 Å². The number of rotatable bonds is 7. The largest absolute Gasteiger partial charge is 0.399 e. The second-order valence-corrected chi connectivity index (χ2v) is 7.58. The summed E-state index contributed by atoms with van der Waals surface area (Å²) in [5, 5.41) is 8.85. The molecule has 0 saturated heterocycles. The molecule has 0 amide bonds. The molecule has 1 aromatic carbocycles. The van der Waals surface area contributed by atoms with E-state index in [9.17, 15) is 8.42 Å². The lowest BCUT2D eigenvalue weighted by Crippen LogP contribution is -2.34. The summed E-state index contributed by atoms with van der Waals surface area (Å²) in [6.07, 6.45) is 1.42. The van der Waals surface area contributed by atoms with Crippen molar-refractivity contribution in [2.24, 2.45) is 5.41 Å². The molecule has 0 unspecified atom stereocenters. The summed E-state index contributed by atoms with van der Waals surface area (Å²) >= 11 is 0. The maximum Gasteiger partial charge on any atom is 0.240 e. The predicted octanol–water partition coefficient (Wildman–Crippen LogP) is 1.65. The summed E-state index contributed by atoms with van der Waals surface area (Å²) in [4.78, 5) is 0.254. The van der Waals surface area contributed by atoms with Crippen LogP contribution in [0.25, 0.3) is 0 Å². The molecule has 0 heterocycles. The third-order valence-corrected chi connectivity index (χ3v) is 4.80. The molecule has 114 valence electrons. The highest BCUT2D eigenvalue weighted by atomic mass is 32.2. The minimum atomic E-state index is -3.53. The zero-order valence-electron chi connectivity index (χ0n) is 12.3. The molecule has 0 saturated carbocycles. The lowest BCUT2D eigenvalue weighted by molar-refractivity contribution is 0.242. The summed E-state index contributed by atoms with van der Waals surface area (Å²) in [5.74, 6) is 0. The Kier molecular flexibility index (Phi) is 5.56. The van der Waals surface area contributed by atoms with Crippen molar-refractivity contribution < 1.29 is 13.5 Å². The second kappa shape index (κ2) is 6.56. The lowest BCUT2D eigenvalue weighted by Gasteiger charge is -2.24. The van der Waals surface area contributed by atoms with Crippen LogP contribution >= 0.6 is 0 Å². The van der Waals surface area contributed by atoms with Gasteiger partial charge in [0.05, 0.1) is 4.90 Å². The summed E-state index contributed by atoms with van der Waals surface area (Å²) in [6, 6.07) is 4.75. The Hall–Kier alpha value is -1.11. The molecule has 0 aliphatic rings. The SMILES string of the molecule is Cc1cc(N)ccc1S(=O)(=O)NCC(C)(C)CCCO. The Labute approximate surface area is 121 Å².